The lowest BCUT2D eigenvalue weighted by Gasteiger charge is -2.55. The number of aliphatic hydroxyl groups is 1. The molecule has 4 aliphatic rings. The molecule has 25 heavy (non-hydrogen) atoms. The fraction of sp³-hybridized carbons (Fsp3) is 0.650. The van der Waals surface area contributed by atoms with Gasteiger partial charge in [-0.05, 0) is 80.5 Å². The highest BCUT2D eigenvalue weighted by atomic mass is 35.5. The summed E-state index contributed by atoms with van der Waals surface area (Å²) in [6, 6.07) is 7.70. The van der Waals surface area contributed by atoms with E-state index in [0.29, 0.717) is 6.54 Å². The van der Waals surface area contributed by atoms with E-state index in [2.05, 4.69) is 10.6 Å². The van der Waals surface area contributed by atoms with Crippen LogP contribution in [0.5, 0.6) is 0 Å². The first kappa shape index (κ1) is 17.2. The SMILES string of the molecule is O=C(Nc1ccc(NCC(O)CCl)cc1)C12CC3CC(CC(C3)C1)C2. The number of anilines is 2. The summed E-state index contributed by atoms with van der Waals surface area (Å²) in [5, 5.41) is 15.8. The van der Waals surface area contributed by atoms with E-state index in [4.69, 9.17) is 11.6 Å². The largest absolute Gasteiger partial charge is 0.390 e. The van der Waals surface area contributed by atoms with E-state index in [1.165, 1.54) is 19.3 Å². The van der Waals surface area contributed by atoms with Gasteiger partial charge in [-0.2, -0.15) is 0 Å². The van der Waals surface area contributed by atoms with Crippen molar-refractivity contribution in [1.29, 1.82) is 0 Å². The minimum Gasteiger partial charge on any atom is -0.390 e. The Balaban J connectivity index is 1.38. The summed E-state index contributed by atoms with van der Waals surface area (Å²) in [5.74, 6) is 2.77. The van der Waals surface area contributed by atoms with E-state index >= 15 is 0 Å². The lowest BCUT2D eigenvalue weighted by molar-refractivity contribution is -0.140. The summed E-state index contributed by atoms with van der Waals surface area (Å²) in [6.45, 7) is 0.419. The van der Waals surface area contributed by atoms with Gasteiger partial charge < -0.3 is 15.7 Å². The third kappa shape index (κ3) is 3.52. The Hall–Kier alpha value is -1.26. The average Bonchev–Trinajstić information content (AvgIpc) is 2.59. The smallest absolute Gasteiger partial charge is 0.230 e. The van der Waals surface area contributed by atoms with E-state index in [1.807, 2.05) is 24.3 Å². The first-order valence-electron chi connectivity index (χ1n) is 9.46. The highest BCUT2D eigenvalue weighted by molar-refractivity contribution is 6.18. The molecule has 4 nitrogen and oxygen atoms in total. The molecule has 4 fully saturated rings. The van der Waals surface area contributed by atoms with Gasteiger partial charge in [0.15, 0.2) is 0 Å². The number of nitrogens with one attached hydrogen (secondary N) is 2. The molecule has 0 aliphatic heterocycles. The average molecular weight is 363 g/mol. The summed E-state index contributed by atoms with van der Waals surface area (Å²) in [7, 11) is 0. The molecule has 1 aromatic rings. The minimum atomic E-state index is -0.558. The molecule has 4 bridgehead atoms. The lowest BCUT2D eigenvalue weighted by Crippen LogP contribution is -2.51. The Labute approximate surface area is 154 Å². The fourth-order valence-corrected chi connectivity index (χ4v) is 5.72. The van der Waals surface area contributed by atoms with Gasteiger partial charge in [-0.15, -0.1) is 11.6 Å². The monoisotopic (exact) mass is 362 g/mol. The van der Waals surface area contributed by atoms with E-state index in [1.54, 1.807) is 0 Å². The van der Waals surface area contributed by atoms with Gasteiger partial charge in [-0.3, -0.25) is 4.79 Å². The molecule has 4 saturated carbocycles. The summed E-state index contributed by atoms with van der Waals surface area (Å²) < 4.78 is 0. The van der Waals surface area contributed by atoms with Gasteiger partial charge in [-0.1, -0.05) is 0 Å². The molecule has 1 unspecified atom stereocenters. The molecule has 3 N–H and O–H groups in total. The van der Waals surface area contributed by atoms with Crippen LogP contribution >= 0.6 is 11.6 Å². The van der Waals surface area contributed by atoms with Crippen molar-refractivity contribution < 1.29 is 9.90 Å². The lowest BCUT2D eigenvalue weighted by atomic mass is 9.49. The molecule has 5 rings (SSSR count). The van der Waals surface area contributed by atoms with E-state index < -0.39 is 6.10 Å². The van der Waals surface area contributed by atoms with Crippen LogP contribution < -0.4 is 10.6 Å². The molecule has 0 radical (unpaired) electrons. The van der Waals surface area contributed by atoms with Crippen molar-refractivity contribution in [3.8, 4) is 0 Å². The van der Waals surface area contributed by atoms with Gasteiger partial charge in [0.25, 0.3) is 0 Å². The van der Waals surface area contributed by atoms with Gasteiger partial charge in [0.05, 0.1) is 17.4 Å². The van der Waals surface area contributed by atoms with Crippen LogP contribution in [0.2, 0.25) is 0 Å². The van der Waals surface area contributed by atoms with Gasteiger partial charge in [0.1, 0.15) is 0 Å². The van der Waals surface area contributed by atoms with Crippen LogP contribution in [-0.2, 0) is 4.79 Å². The zero-order valence-corrected chi connectivity index (χ0v) is 15.3. The standard InChI is InChI=1S/C20H27ClN2O2/c21-11-18(24)12-22-16-1-3-17(4-2-16)23-19(25)20-8-13-5-14(9-20)7-15(6-13)10-20/h1-4,13-15,18,22,24H,5-12H2,(H,23,25). The predicted molar refractivity (Wildman–Crippen MR) is 101 cm³/mol. The van der Waals surface area contributed by atoms with Crippen LogP contribution in [0.4, 0.5) is 11.4 Å². The number of hydrogen-bond acceptors (Lipinski definition) is 3. The highest BCUT2D eigenvalue weighted by Crippen LogP contribution is 2.60. The molecule has 1 aromatic carbocycles. The molecule has 1 atom stereocenters. The Kier molecular flexibility index (Phi) is 4.67. The number of benzene rings is 1. The van der Waals surface area contributed by atoms with Crippen molar-refractivity contribution in [2.75, 3.05) is 23.1 Å². The second-order valence-electron chi connectivity index (χ2n) is 8.42. The van der Waals surface area contributed by atoms with Crippen molar-refractivity contribution in [1.82, 2.24) is 0 Å². The van der Waals surface area contributed by atoms with Gasteiger partial charge in [0, 0.05) is 17.9 Å². The first-order valence-corrected chi connectivity index (χ1v) is 9.99. The molecule has 0 spiro atoms. The zero-order chi connectivity index (χ0) is 17.4. The summed E-state index contributed by atoms with van der Waals surface area (Å²) in [6.07, 6.45) is 6.74. The maximum absolute atomic E-state index is 13.0. The molecule has 0 aromatic heterocycles. The Morgan fingerprint density at radius 3 is 2.12 bits per heavy atom. The predicted octanol–water partition coefficient (Wildman–Crippen LogP) is 3.85. The normalized spacial score (nSPS) is 33.9. The first-order chi connectivity index (χ1) is 12.1. The fourth-order valence-electron chi connectivity index (χ4n) is 5.61. The number of rotatable bonds is 6. The number of aliphatic hydroxyl groups excluding tert-OH is 1. The van der Waals surface area contributed by atoms with Crippen molar-refractivity contribution in [3.05, 3.63) is 24.3 Å². The molecule has 1 amide bonds. The zero-order valence-electron chi connectivity index (χ0n) is 14.5. The van der Waals surface area contributed by atoms with Crippen LogP contribution in [0, 0.1) is 23.2 Å². The number of hydrogen-bond donors (Lipinski definition) is 3. The quantitative estimate of drug-likeness (QED) is 0.673. The molecular formula is C20H27ClN2O2. The van der Waals surface area contributed by atoms with Crippen molar-refractivity contribution in [2.24, 2.45) is 23.2 Å². The third-order valence-electron chi connectivity index (χ3n) is 6.38. The number of amides is 1. The maximum atomic E-state index is 13.0. The minimum absolute atomic E-state index is 0.115. The van der Waals surface area contributed by atoms with Crippen LogP contribution in [0.25, 0.3) is 0 Å². The van der Waals surface area contributed by atoms with Crippen LogP contribution in [-0.4, -0.2) is 29.5 Å². The Morgan fingerprint density at radius 2 is 1.60 bits per heavy atom. The summed E-state index contributed by atoms with van der Waals surface area (Å²) in [5.41, 5.74) is 1.65. The van der Waals surface area contributed by atoms with E-state index in [0.717, 1.165) is 48.4 Å². The van der Waals surface area contributed by atoms with Crippen LogP contribution in [0.3, 0.4) is 0 Å². The molecule has 136 valence electrons. The summed E-state index contributed by atoms with van der Waals surface area (Å²) in [4.78, 5) is 13.0. The number of carbonyl (C=O) groups excluding carboxylic acids is 1. The van der Waals surface area contributed by atoms with Gasteiger partial charge >= 0.3 is 0 Å². The second kappa shape index (κ2) is 6.81. The molecule has 4 aliphatic carbocycles. The van der Waals surface area contributed by atoms with Crippen molar-refractivity contribution in [2.45, 2.75) is 44.6 Å². The summed E-state index contributed by atoms with van der Waals surface area (Å²) >= 11 is 5.59. The Bertz CT molecular complexity index is 596. The number of carbonyl (C=O) groups is 1. The molecule has 0 saturated heterocycles. The van der Waals surface area contributed by atoms with Crippen LogP contribution in [0.1, 0.15) is 38.5 Å². The van der Waals surface area contributed by atoms with Crippen molar-refractivity contribution >= 4 is 28.9 Å². The van der Waals surface area contributed by atoms with Crippen molar-refractivity contribution in [3.63, 3.8) is 0 Å². The van der Waals surface area contributed by atoms with Gasteiger partial charge in [0.2, 0.25) is 5.91 Å². The molecule has 0 heterocycles. The second-order valence-corrected chi connectivity index (χ2v) is 8.73. The van der Waals surface area contributed by atoms with E-state index in [-0.39, 0.29) is 17.2 Å². The Morgan fingerprint density at radius 1 is 1.08 bits per heavy atom. The molecular weight excluding hydrogens is 336 g/mol. The van der Waals surface area contributed by atoms with Crippen LogP contribution in [0.15, 0.2) is 24.3 Å². The topological polar surface area (TPSA) is 61.4 Å². The van der Waals surface area contributed by atoms with Gasteiger partial charge in [-0.25, -0.2) is 0 Å². The highest BCUT2D eigenvalue weighted by Gasteiger charge is 2.54. The number of alkyl halides is 1. The molecule has 5 heteroatoms. The maximum Gasteiger partial charge on any atom is 0.230 e. The van der Waals surface area contributed by atoms with E-state index in [9.17, 15) is 9.90 Å². The number of halogens is 1. The third-order valence-corrected chi connectivity index (χ3v) is 6.74.